The van der Waals surface area contributed by atoms with Crippen LogP contribution < -0.4 is 0 Å². The van der Waals surface area contributed by atoms with E-state index in [4.69, 9.17) is 27.9 Å². The van der Waals surface area contributed by atoms with Crippen LogP contribution in [0.25, 0.3) is 0 Å². The highest BCUT2D eigenvalue weighted by Gasteiger charge is 2.32. The first kappa shape index (κ1) is 12.2. The molecule has 1 saturated heterocycles. The first-order chi connectivity index (χ1) is 7.59. The Kier molecular flexibility index (Phi) is 3.75. The van der Waals surface area contributed by atoms with E-state index in [2.05, 4.69) is 0 Å². The predicted octanol–water partition coefficient (Wildman–Crippen LogP) is 3.45. The van der Waals surface area contributed by atoms with Gasteiger partial charge in [0.1, 0.15) is 0 Å². The minimum absolute atomic E-state index is 0.0711. The maximum atomic E-state index is 10.3. The quantitative estimate of drug-likeness (QED) is 0.883. The molecule has 88 valence electrons. The van der Waals surface area contributed by atoms with Crippen LogP contribution in [0, 0.1) is 5.92 Å². The molecule has 0 amide bonds. The van der Waals surface area contributed by atoms with Gasteiger partial charge >= 0.3 is 0 Å². The zero-order chi connectivity index (χ0) is 11.7. The van der Waals surface area contributed by atoms with Crippen LogP contribution >= 0.6 is 23.2 Å². The van der Waals surface area contributed by atoms with Gasteiger partial charge in [0.25, 0.3) is 0 Å². The molecule has 16 heavy (non-hydrogen) atoms. The van der Waals surface area contributed by atoms with E-state index >= 15 is 0 Å². The van der Waals surface area contributed by atoms with Gasteiger partial charge in [-0.25, -0.2) is 0 Å². The van der Waals surface area contributed by atoms with Crippen molar-refractivity contribution in [1.82, 2.24) is 0 Å². The van der Waals surface area contributed by atoms with E-state index in [0.29, 0.717) is 16.7 Å². The summed E-state index contributed by atoms with van der Waals surface area (Å²) in [6.45, 7) is 2.68. The summed E-state index contributed by atoms with van der Waals surface area (Å²) in [7, 11) is 0. The topological polar surface area (TPSA) is 29.5 Å². The monoisotopic (exact) mass is 260 g/mol. The fourth-order valence-corrected chi connectivity index (χ4v) is 2.66. The maximum Gasteiger partial charge on any atom is 0.0858 e. The molecule has 0 aromatic heterocycles. The number of hydrogen-bond donors (Lipinski definition) is 1. The molecule has 1 aliphatic rings. The molecule has 1 aromatic rings. The van der Waals surface area contributed by atoms with Gasteiger partial charge in [-0.3, -0.25) is 0 Å². The Labute approximate surface area is 105 Å². The third-order valence-corrected chi connectivity index (χ3v) is 3.68. The van der Waals surface area contributed by atoms with Gasteiger partial charge in [-0.05, 0) is 31.0 Å². The molecule has 3 atom stereocenters. The largest absolute Gasteiger partial charge is 0.388 e. The molecule has 0 radical (unpaired) electrons. The van der Waals surface area contributed by atoms with Crippen LogP contribution in [0.3, 0.4) is 0 Å². The van der Waals surface area contributed by atoms with Crippen molar-refractivity contribution < 1.29 is 9.84 Å². The van der Waals surface area contributed by atoms with Crippen LogP contribution in [-0.2, 0) is 4.74 Å². The minimum atomic E-state index is -0.581. The number of aliphatic hydroxyl groups is 1. The standard InChI is InChI=1S/C12H14Cl2O2/c1-7-9(4-5-16-7)12(15)10-3-2-8(13)6-11(10)14/h2-3,6-7,9,12,15H,4-5H2,1H3. The minimum Gasteiger partial charge on any atom is -0.388 e. The van der Waals surface area contributed by atoms with Crippen LogP contribution in [0.1, 0.15) is 25.0 Å². The smallest absolute Gasteiger partial charge is 0.0858 e. The molecule has 2 rings (SSSR count). The fourth-order valence-electron chi connectivity index (χ4n) is 2.13. The second kappa shape index (κ2) is 4.92. The van der Waals surface area contributed by atoms with Crippen molar-refractivity contribution in [2.24, 2.45) is 5.92 Å². The number of aliphatic hydroxyl groups excluding tert-OH is 1. The lowest BCUT2D eigenvalue weighted by Crippen LogP contribution is -2.20. The Morgan fingerprint density at radius 1 is 1.44 bits per heavy atom. The highest BCUT2D eigenvalue weighted by Crippen LogP contribution is 2.36. The summed E-state index contributed by atoms with van der Waals surface area (Å²) >= 11 is 11.9. The summed E-state index contributed by atoms with van der Waals surface area (Å²) in [6, 6.07) is 5.18. The van der Waals surface area contributed by atoms with E-state index in [1.54, 1.807) is 18.2 Å². The van der Waals surface area contributed by atoms with Crippen molar-refractivity contribution in [3.8, 4) is 0 Å². The lowest BCUT2D eigenvalue weighted by molar-refractivity contribution is 0.0432. The van der Waals surface area contributed by atoms with Crippen LogP contribution in [0.15, 0.2) is 18.2 Å². The van der Waals surface area contributed by atoms with Crippen LogP contribution in [0.5, 0.6) is 0 Å². The van der Waals surface area contributed by atoms with Crippen molar-refractivity contribution in [2.45, 2.75) is 25.6 Å². The van der Waals surface area contributed by atoms with Gasteiger partial charge in [-0.15, -0.1) is 0 Å². The Balaban J connectivity index is 2.23. The van der Waals surface area contributed by atoms with Gasteiger partial charge in [0.2, 0.25) is 0 Å². The van der Waals surface area contributed by atoms with Crippen molar-refractivity contribution >= 4 is 23.2 Å². The summed E-state index contributed by atoms with van der Waals surface area (Å²) in [5, 5.41) is 11.3. The van der Waals surface area contributed by atoms with Crippen molar-refractivity contribution in [3.05, 3.63) is 33.8 Å². The number of hydrogen-bond acceptors (Lipinski definition) is 2. The number of halogens is 2. The van der Waals surface area contributed by atoms with Crippen molar-refractivity contribution in [3.63, 3.8) is 0 Å². The maximum absolute atomic E-state index is 10.3. The van der Waals surface area contributed by atoms with Crippen LogP contribution in [0.4, 0.5) is 0 Å². The zero-order valence-corrected chi connectivity index (χ0v) is 10.5. The summed E-state index contributed by atoms with van der Waals surface area (Å²) in [5.74, 6) is 0.110. The van der Waals surface area contributed by atoms with Gasteiger partial charge in [-0.1, -0.05) is 29.3 Å². The molecule has 0 bridgehead atoms. The average Bonchev–Trinajstić information content (AvgIpc) is 2.63. The van der Waals surface area contributed by atoms with Gasteiger partial charge in [0.05, 0.1) is 12.2 Å². The first-order valence-corrected chi connectivity index (χ1v) is 6.10. The molecule has 1 N–H and O–H groups in total. The molecule has 0 saturated carbocycles. The lowest BCUT2D eigenvalue weighted by atomic mass is 9.91. The molecular weight excluding hydrogens is 247 g/mol. The van der Waals surface area contributed by atoms with E-state index in [-0.39, 0.29) is 12.0 Å². The summed E-state index contributed by atoms with van der Waals surface area (Å²) in [5.41, 5.74) is 0.730. The van der Waals surface area contributed by atoms with Gasteiger partial charge in [0, 0.05) is 22.6 Å². The number of benzene rings is 1. The van der Waals surface area contributed by atoms with Crippen LogP contribution in [-0.4, -0.2) is 17.8 Å². The molecule has 1 fully saturated rings. The van der Waals surface area contributed by atoms with E-state index in [1.165, 1.54) is 0 Å². The third-order valence-electron chi connectivity index (χ3n) is 3.12. The SMILES string of the molecule is CC1OCCC1C(O)c1ccc(Cl)cc1Cl. The van der Waals surface area contributed by atoms with Crippen molar-refractivity contribution in [1.29, 1.82) is 0 Å². The first-order valence-electron chi connectivity index (χ1n) is 5.34. The third kappa shape index (κ3) is 2.35. The van der Waals surface area contributed by atoms with Crippen LogP contribution in [0.2, 0.25) is 10.0 Å². The molecular formula is C12H14Cl2O2. The Bertz CT molecular complexity index is 381. The van der Waals surface area contributed by atoms with Gasteiger partial charge in [0.15, 0.2) is 0 Å². The highest BCUT2D eigenvalue weighted by atomic mass is 35.5. The lowest BCUT2D eigenvalue weighted by Gasteiger charge is -2.22. The Morgan fingerprint density at radius 2 is 2.19 bits per heavy atom. The fraction of sp³-hybridized carbons (Fsp3) is 0.500. The molecule has 1 aliphatic heterocycles. The number of rotatable bonds is 2. The van der Waals surface area contributed by atoms with E-state index in [0.717, 1.165) is 12.0 Å². The molecule has 3 unspecified atom stereocenters. The molecule has 2 nitrogen and oxygen atoms in total. The molecule has 1 heterocycles. The second-order valence-corrected chi connectivity index (χ2v) is 4.98. The zero-order valence-electron chi connectivity index (χ0n) is 8.99. The average molecular weight is 261 g/mol. The Hall–Kier alpha value is -0.280. The molecule has 4 heteroatoms. The summed E-state index contributed by atoms with van der Waals surface area (Å²) < 4.78 is 5.44. The van der Waals surface area contributed by atoms with Crippen molar-refractivity contribution in [2.75, 3.05) is 6.61 Å². The normalized spacial score (nSPS) is 27.0. The summed E-state index contributed by atoms with van der Waals surface area (Å²) in [6.07, 6.45) is 0.352. The predicted molar refractivity (Wildman–Crippen MR) is 64.9 cm³/mol. The second-order valence-electron chi connectivity index (χ2n) is 4.14. The van der Waals surface area contributed by atoms with Gasteiger partial charge < -0.3 is 9.84 Å². The summed E-state index contributed by atoms with van der Waals surface area (Å²) in [4.78, 5) is 0. The highest BCUT2D eigenvalue weighted by molar-refractivity contribution is 6.35. The van der Waals surface area contributed by atoms with E-state index in [1.807, 2.05) is 6.92 Å². The molecule has 0 spiro atoms. The molecule has 1 aromatic carbocycles. The molecule has 0 aliphatic carbocycles. The van der Waals surface area contributed by atoms with Gasteiger partial charge in [-0.2, -0.15) is 0 Å². The van der Waals surface area contributed by atoms with E-state index < -0.39 is 6.10 Å². The van der Waals surface area contributed by atoms with E-state index in [9.17, 15) is 5.11 Å². The number of ether oxygens (including phenoxy) is 1. The Morgan fingerprint density at radius 3 is 2.75 bits per heavy atom.